The molecule has 3 aromatic rings. The zero-order chi connectivity index (χ0) is 20.6. The summed E-state index contributed by atoms with van der Waals surface area (Å²) in [7, 11) is -1.62. The lowest BCUT2D eigenvalue weighted by molar-refractivity contribution is 0.250. The second-order valence-electron chi connectivity index (χ2n) is 7.58. The maximum Gasteiger partial charge on any atom is 0.269 e. The van der Waals surface area contributed by atoms with Crippen LogP contribution in [0.25, 0.3) is 10.9 Å². The van der Waals surface area contributed by atoms with Crippen molar-refractivity contribution >= 4 is 38.2 Å². The van der Waals surface area contributed by atoms with Gasteiger partial charge in [0, 0.05) is 29.9 Å². The molecule has 4 rings (SSSR count). The van der Waals surface area contributed by atoms with E-state index in [-0.39, 0.29) is 9.92 Å². The summed E-state index contributed by atoms with van der Waals surface area (Å²) in [6.07, 6.45) is 3.86. The molecule has 0 bridgehead atoms. The molecule has 0 N–H and O–H groups in total. The third-order valence-electron chi connectivity index (χ3n) is 5.83. The number of halogens is 1. The van der Waals surface area contributed by atoms with Crippen LogP contribution in [0.1, 0.15) is 19.8 Å². The van der Waals surface area contributed by atoms with Crippen LogP contribution in [0, 0.1) is 0 Å². The Bertz CT molecular complexity index is 1120. The molecule has 0 aliphatic carbocycles. The third kappa shape index (κ3) is 3.65. The summed E-state index contributed by atoms with van der Waals surface area (Å²) in [6.45, 7) is 5.21. The number of nitrogens with zero attached hydrogens (tertiary/aromatic N) is 3. The fourth-order valence-electron chi connectivity index (χ4n) is 4.28. The molecule has 0 amide bonds. The summed E-state index contributed by atoms with van der Waals surface area (Å²) in [4.78, 5) is 4.89. The predicted octanol–water partition coefficient (Wildman–Crippen LogP) is 4.45. The number of piperidine rings is 1. The minimum absolute atomic E-state index is 0.118. The molecular formula is C22H26ClN3O2S. The fourth-order valence-corrected chi connectivity index (χ4v) is 6.12. The SMILES string of the molecule is CCN(c1cccc2c1ccn2S(=O)(=O)c1ccccc1Cl)C1CCN(C)CC1. The van der Waals surface area contributed by atoms with Gasteiger partial charge in [0.25, 0.3) is 10.0 Å². The average Bonchev–Trinajstić information content (AvgIpc) is 3.16. The molecule has 154 valence electrons. The topological polar surface area (TPSA) is 45.6 Å². The van der Waals surface area contributed by atoms with Crippen molar-refractivity contribution < 1.29 is 8.42 Å². The van der Waals surface area contributed by atoms with Crippen molar-refractivity contribution in [1.29, 1.82) is 0 Å². The number of likely N-dealkylation sites (tertiary alicyclic amines) is 1. The van der Waals surface area contributed by atoms with Crippen LogP contribution >= 0.6 is 11.6 Å². The zero-order valence-electron chi connectivity index (χ0n) is 16.8. The van der Waals surface area contributed by atoms with Crippen molar-refractivity contribution in [2.24, 2.45) is 0 Å². The molecule has 2 aromatic carbocycles. The molecule has 5 nitrogen and oxygen atoms in total. The van der Waals surface area contributed by atoms with E-state index in [0.717, 1.165) is 43.5 Å². The molecule has 0 atom stereocenters. The van der Waals surface area contributed by atoms with E-state index in [4.69, 9.17) is 11.6 Å². The normalized spacial score (nSPS) is 16.4. The van der Waals surface area contributed by atoms with Gasteiger partial charge in [-0.25, -0.2) is 12.4 Å². The smallest absolute Gasteiger partial charge is 0.269 e. The van der Waals surface area contributed by atoms with Crippen LogP contribution < -0.4 is 4.90 Å². The Morgan fingerprint density at radius 2 is 1.79 bits per heavy atom. The molecule has 0 unspecified atom stereocenters. The van der Waals surface area contributed by atoms with E-state index in [2.05, 4.69) is 29.8 Å². The molecule has 1 aliphatic rings. The van der Waals surface area contributed by atoms with Gasteiger partial charge in [-0.15, -0.1) is 0 Å². The molecule has 1 saturated heterocycles. The minimum atomic E-state index is -3.77. The minimum Gasteiger partial charge on any atom is -0.368 e. The second kappa shape index (κ2) is 8.01. The van der Waals surface area contributed by atoms with E-state index in [1.165, 1.54) is 3.97 Å². The van der Waals surface area contributed by atoms with E-state index in [1.807, 2.05) is 18.2 Å². The average molecular weight is 432 g/mol. The molecule has 7 heteroatoms. The molecule has 1 aromatic heterocycles. The quantitative estimate of drug-likeness (QED) is 0.598. The molecule has 0 saturated carbocycles. The number of fused-ring (bicyclic) bond motifs is 1. The first-order chi connectivity index (χ1) is 13.9. The van der Waals surface area contributed by atoms with Crippen molar-refractivity contribution in [2.45, 2.75) is 30.7 Å². The van der Waals surface area contributed by atoms with Gasteiger partial charge in [-0.1, -0.05) is 29.8 Å². The third-order valence-corrected chi connectivity index (χ3v) is 8.02. The first-order valence-corrected chi connectivity index (χ1v) is 11.8. The Balaban J connectivity index is 1.78. The van der Waals surface area contributed by atoms with Crippen LogP contribution in [-0.2, 0) is 10.0 Å². The Morgan fingerprint density at radius 3 is 2.48 bits per heavy atom. The Kier molecular flexibility index (Phi) is 5.60. The molecule has 29 heavy (non-hydrogen) atoms. The largest absolute Gasteiger partial charge is 0.368 e. The van der Waals surface area contributed by atoms with E-state index >= 15 is 0 Å². The Hall–Kier alpha value is -2.02. The van der Waals surface area contributed by atoms with E-state index < -0.39 is 10.0 Å². The Morgan fingerprint density at radius 1 is 1.07 bits per heavy atom. The second-order valence-corrected chi connectivity index (χ2v) is 9.77. The highest BCUT2D eigenvalue weighted by atomic mass is 35.5. The summed E-state index contributed by atoms with van der Waals surface area (Å²) in [5.41, 5.74) is 1.77. The van der Waals surface area contributed by atoms with Crippen molar-refractivity contribution in [1.82, 2.24) is 8.87 Å². The molecule has 2 heterocycles. The standard InChI is InChI=1S/C22H26ClN3O2S/c1-3-25(17-11-14-24(2)15-12-17)20-8-6-9-21-18(20)13-16-26(21)29(27,28)22-10-5-4-7-19(22)23/h4-10,13,16-17H,3,11-12,14-15H2,1-2H3. The van der Waals surface area contributed by atoms with Crippen LogP contribution in [0.3, 0.4) is 0 Å². The first-order valence-electron chi connectivity index (χ1n) is 9.99. The van der Waals surface area contributed by atoms with Crippen LogP contribution in [0.5, 0.6) is 0 Å². The van der Waals surface area contributed by atoms with Crippen LogP contribution in [0.2, 0.25) is 5.02 Å². The van der Waals surface area contributed by atoms with E-state index in [0.29, 0.717) is 11.6 Å². The predicted molar refractivity (Wildman–Crippen MR) is 120 cm³/mol. The highest BCUT2D eigenvalue weighted by Gasteiger charge is 2.26. The van der Waals surface area contributed by atoms with Gasteiger partial charge in [0.1, 0.15) is 4.90 Å². The zero-order valence-corrected chi connectivity index (χ0v) is 18.3. The van der Waals surface area contributed by atoms with Gasteiger partial charge in [0.2, 0.25) is 0 Å². The van der Waals surface area contributed by atoms with E-state index in [1.54, 1.807) is 30.5 Å². The van der Waals surface area contributed by atoms with Gasteiger partial charge in [0.05, 0.1) is 10.5 Å². The van der Waals surface area contributed by atoms with E-state index in [9.17, 15) is 8.42 Å². The van der Waals surface area contributed by atoms with Gasteiger partial charge >= 0.3 is 0 Å². The summed E-state index contributed by atoms with van der Waals surface area (Å²) < 4.78 is 27.9. The first kappa shape index (κ1) is 20.3. The van der Waals surface area contributed by atoms with Gasteiger partial charge in [0.15, 0.2) is 0 Å². The highest BCUT2D eigenvalue weighted by Crippen LogP contribution is 2.34. The Labute approximate surface area is 177 Å². The summed E-state index contributed by atoms with van der Waals surface area (Å²) in [5, 5.41) is 1.18. The van der Waals surface area contributed by atoms with Crippen molar-refractivity contribution in [3.63, 3.8) is 0 Å². The molecule has 1 fully saturated rings. The summed E-state index contributed by atoms with van der Waals surface area (Å²) in [5.74, 6) is 0. The summed E-state index contributed by atoms with van der Waals surface area (Å²) in [6, 6.07) is 14.8. The van der Waals surface area contributed by atoms with Crippen molar-refractivity contribution in [3.8, 4) is 0 Å². The van der Waals surface area contributed by atoms with Crippen LogP contribution in [-0.4, -0.2) is 50.0 Å². The van der Waals surface area contributed by atoms with Crippen LogP contribution in [0.4, 0.5) is 5.69 Å². The molecule has 1 aliphatic heterocycles. The maximum absolute atomic E-state index is 13.3. The lowest BCUT2D eigenvalue weighted by Crippen LogP contribution is -2.43. The lowest BCUT2D eigenvalue weighted by Gasteiger charge is -2.38. The lowest BCUT2D eigenvalue weighted by atomic mass is 10.0. The van der Waals surface area contributed by atoms with Gasteiger partial charge in [-0.05, 0) is 70.2 Å². The summed E-state index contributed by atoms with van der Waals surface area (Å²) >= 11 is 6.19. The fraction of sp³-hybridized carbons (Fsp3) is 0.364. The molecule has 0 radical (unpaired) electrons. The number of anilines is 1. The maximum atomic E-state index is 13.3. The molecular weight excluding hydrogens is 406 g/mol. The van der Waals surface area contributed by atoms with Gasteiger partial charge < -0.3 is 9.80 Å². The number of benzene rings is 2. The number of rotatable bonds is 5. The van der Waals surface area contributed by atoms with Gasteiger partial charge in [-0.3, -0.25) is 0 Å². The van der Waals surface area contributed by atoms with Crippen molar-refractivity contribution in [3.05, 3.63) is 59.8 Å². The highest BCUT2D eigenvalue weighted by molar-refractivity contribution is 7.90. The number of hydrogen-bond donors (Lipinski definition) is 0. The number of hydrogen-bond acceptors (Lipinski definition) is 4. The van der Waals surface area contributed by atoms with Crippen molar-refractivity contribution in [2.75, 3.05) is 31.6 Å². The van der Waals surface area contributed by atoms with Crippen LogP contribution in [0.15, 0.2) is 59.6 Å². The molecule has 0 spiro atoms. The monoisotopic (exact) mass is 431 g/mol. The number of aromatic nitrogens is 1. The van der Waals surface area contributed by atoms with Gasteiger partial charge in [-0.2, -0.15) is 0 Å².